The molecular formula is C13H14N2O4S. The van der Waals surface area contributed by atoms with Gasteiger partial charge in [0.1, 0.15) is 0 Å². The fraction of sp³-hybridized carbons (Fsp3) is 0.308. The Balaban J connectivity index is 2.11. The molecule has 0 aliphatic carbocycles. The number of carbonyl (C=O) groups excluding carboxylic acids is 1. The van der Waals surface area contributed by atoms with E-state index in [-0.39, 0.29) is 12.5 Å². The first-order chi connectivity index (χ1) is 9.61. The van der Waals surface area contributed by atoms with Crippen LogP contribution in [0, 0.1) is 6.92 Å². The molecular weight excluding hydrogens is 280 g/mol. The summed E-state index contributed by atoms with van der Waals surface area (Å²) < 4.78 is 21.8. The van der Waals surface area contributed by atoms with Crippen LogP contribution >= 0.6 is 0 Å². The predicted molar refractivity (Wildman–Crippen MR) is 71.5 cm³/mol. The first-order valence-electron chi connectivity index (χ1n) is 6.05. The Kier molecular flexibility index (Phi) is 4.62. The van der Waals surface area contributed by atoms with Crippen molar-refractivity contribution in [2.75, 3.05) is 5.75 Å². The Labute approximate surface area is 118 Å². The fourth-order valence-electron chi connectivity index (χ4n) is 1.59. The Morgan fingerprint density at radius 2 is 2.15 bits per heavy atom. The summed E-state index contributed by atoms with van der Waals surface area (Å²) in [7, 11) is -1.22. The summed E-state index contributed by atoms with van der Waals surface area (Å²) in [4.78, 5) is 16.4. The zero-order valence-electron chi connectivity index (χ0n) is 11.2. The number of rotatable bonds is 5. The molecule has 20 heavy (non-hydrogen) atoms. The third kappa shape index (κ3) is 3.30. The SMILES string of the molecule is CCS(=O)c1ccccc1C(=O)OCc1nc(C)no1. The summed E-state index contributed by atoms with van der Waals surface area (Å²) in [5, 5.41) is 3.60. The van der Waals surface area contributed by atoms with Crippen LogP contribution in [0.25, 0.3) is 0 Å². The van der Waals surface area contributed by atoms with Crippen LogP contribution in [0.2, 0.25) is 0 Å². The minimum Gasteiger partial charge on any atom is -0.452 e. The van der Waals surface area contributed by atoms with Crippen molar-refractivity contribution in [1.29, 1.82) is 0 Å². The van der Waals surface area contributed by atoms with Gasteiger partial charge in [-0.25, -0.2) is 4.79 Å². The van der Waals surface area contributed by atoms with E-state index in [1.807, 2.05) is 0 Å². The highest BCUT2D eigenvalue weighted by Gasteiger charge is 2.17. The smallest absolute Gasteiger partial charge is 0.339 e. The molecule has 1 heterocycles. The van der Waals surface area contributed by atoms with Gasteiger partial charge in [-0.3, -0.25) is 4.21 Å². The number of aromatic nitrogens is 2. The molecule has 106 valence electrons. The normalized spacial score (nSPS) is 12.1. The van der Waals surface area contributed by atoms with E-state index in [1.54, 1.807) is 38.1 Å². The highest BCUT2D eigenvalue weighted by atomic mass is 32.2. The van der Waals surface area contributed by atoms with Gasteiger partial charge in [0.2, 0.25) is 0 Å². The molecule has 6 nitrogen and oxygen atoms in total. The lowest BCUT2D eigenvalue weighted by Gasteiger charge is -2.07. The lowest BCUT2D eigenvalue weighted by atomic mass is 10.2. The summed E-state index contributed by atoms with van der Waals surface area (Å²) in [6.07, 6.45) is 0. The van der Waals surface area contributed by atoms with E-state index in [4.69, 9.17) is 9.26 Å². The second-order valence-electron chi connectivity index (χ2n) is 3.94. The summed E-state index contributed by atoms with van der Waals surface area (Å²) in [5.41, 5.74) is 0.295. The average Bonchev–Trinajstić information content (AvgIpc) is 2.89. The maximum absolute atomic E-state index is 12.0. The maximum atomic E-state index is 12.0. The molecule has 0 aliphatic rings. The molecule has 0 N–H and O–H groups in total. The number of hydrogen-bond acceptors (Lipinski definition) is 6. The Bertz CT molecular complexity index is 639. The van der Waals surface area contributed by atoms with Crippen LogP contribution in [0.4, 0.5) is 0 Å². The monoisotopic (exact) mass is 294 g/mol. The van der Waals surface area contributed by atoms with Crippen LogP contribution in [-0.4, -0.2) is 26.1 Å². The molecule has 7 heteroatoms. The quantitative estimate of drug-likeness (QED) is 0.783. The lowest BCUT2D eigenvalue weighted by Crippen LogP contribution is -2.10. The van der Waals surface area contributed by atoms with E-state index >= 15 is 0 Å². The number of hydrogen-bond donors (Lipinski definition) is 0. The van der Waals surface area contributed by atoms with Gasteiger partial charge in [0.25, 0.3) is 5.89 Å². The average molecular weight is 294 g/mol. The van der Waals surface area contributed by atoms with Crippen molar-refractivity contribution in [3.63, 3.8) is 0 Å². The summed E-state index contributed by atoms with van der Waals surface area (Å²) >= 11 is 0. The van der Waals surface area contributed by atoms with Crippen LogP contribution < -0.4 is 0 Å². The summed E-state index contributed by atoms with van der Waals surface area (Å²) in [6, 6.07) is 6.68. The lowest BCUT2D eigenvalue weighted by molar-refractivity contribution is 0.0425. The number of ether oxygens (including phenoxy) is 1. The van der Waals surface area contributed by atoms with Gasteiger partial charge in [0.15, 0.2) is 12.4 Å². The zero-order chi connectivity index (χ0) is 14.5. The van der Waals surface area contributed by atoms with E-state index in [9.17, 15) is 9.00 Å². The van der Waals surface area contributed by atoms with Gasteiger partial charge < -0.3 is 9.26 Å². The third-order valence-electron chi connectivity index (χ3n) is 2.51. The van der Waals surface area contributed by atoms with Crippen molar-refractivity contribution >= 4 is 16.8 Å². The van der Waals surface area contributed by atoms with Crippen LogP contribution in [0.15, 0.2) is 33.7 Å². The predicted octanol–water partition coefficient (Wildman–Crippen LogP) is 1.86. The molecule has 1 aromatic heterocycles. The largest absolute Gasteiger partial charge is 0.452 e. The highest BCUT2D eigenvalue weighted by Crippen LogP contribution is 2.15. The Morgan fingerprint density at radius 1 is 1.40 bits per heavy atom. The van der Waals surface area contributed by atoms with Crippen molar-refractivity contribution in [2.24, 2.45) is 0 Å². The number of benzene rings is 1. The second kappa shape index (κ2) is 6.42. The van der Waals surface area contributed by atoms with Crippen molar-refractivity contribution in [3.8, 4) is 0 Å². The molecule has 1 aromatic carbocycles. The van der Waals surface area contributed by atoms with Crippen molar-refractivity contribution in [3.05, 3.63) is 41.5 Å². The van der Waals surface area contributed by atoms with E-state index in [1.165, 1.54) is 0 Å². The molecule has 1 unspecified atom stereocenters. The van der Waals surface area contributed by atoms with Crippen molar-refractivity contribution in [2.45, 2.75) is 25.3 Å². The minimum atomic E-state index is -1.22. The van der Waals surface area contributed by atoms with Gasteiger partial charge in [0.05, 0.1) is 21.3 Å². The number of esters is 1. The first-order valence-corrected chi connectivity index (χ1v) is 7.37. The minimum absolute atomic E-state index is 0.104. The van der Waals surface area contributed by atoms with Crippen LogP contribution in [0.5, 0.6) is 0 Å². The van der Waals surface area contributed by atoms with Crippen molar-refractivity contribution < 1.29 is 18.3 Å². The first kappa shape index (κ1) is 14.4. The van der Waals surface area contributed by atoms with Gasteiger partial charge in [-0.2, -0.15) is 4.98 Å². The molecule has 0 bridgehead atoms. The Hall–Kier alpha value is -2.02. The van der Waals surface area contributed by atoms with Gasteiger partial charge >= 0.3 is 5.97 Å². The zero-order valence-corrected chi connectivity index (χ0v) is 12.0. The number of nitrogens with zero attached hydrogens (tertiary/aromatic N) is 2. The molecule has 0 radical (unpaired) electrons. The fourth-order valence-corrected chi connectivity index (χ4v) is 2.53. The van der Waals surface area contributed by atoms with Crippen LogP contribution in [0.3, 0.4) is 0 Å². The van der Waals surface area contributed by atoms with E-state index in [2.05, 4.69) is 10.1 Å². The summed E-state index contributed by atoms with van der Waals surface area (Å²) in [6.45, 7) is 3.36. The molecule has 0 saturated carbocycles. The van der Waals surface area contributed by atoms with Crippen molar-refractivity contribution in [1.82, 2.24) is 10.1 Å². The standard InChI is InChI=1S/C13H14N2O4S/c1-3-20(17)11-7-5-4-6-10(11)13(16)18-8-12-14-9(2)15-19-12/h4-7H,3,8H2,1-2H3. The van der Waals surface area contributed by atoms with E-state index in [0.29, 0.717) is 22.0 Å². The third-order valence-corrected chi connectivity index (χ3v) is 3.88. The molecule has 2 rings (SSSR count). The highest BCUT2D eigenvalue weighted by molar-refractivity contribution is 7.85. The molecule has 0 amide bonds. The van der Waals surface area contributed by atoms with Crippen LogP contribution in [-0.2, 0) is 22.1 Å². The van der Waals surface area contributed by atoms with Gasteiger partial charge in [-0.1, -0.05) is 24.2 Å². The molecule has 2 aromatic rings. The summed E-state index contributed by atoms with van der Waals surface area (Å²) in [5.74, 6) is 0.583. The molecule has 0 spiro atoms. The van der Waals surface area contributed by atoms with E-state index < -0.39 is 16.8 Å². The number of aryl methyl sites for hydroxylation is 1. The van der Waals surface area contributed by atoms with Gasteiger partial charge in [-0.15, -0.1) is 0 Å². The molecule has 0 fully saturated rings. The van der Waals surface area contributed by atoms with E-state index in [0.717, 1.165) is 0 Å². The van der Waals surface area contributed by atoms with Gasteiger partial charge in [-0.05, 0) is 19.1 Å². The number of carbonyl (C=O) groups is 1. The second-order valence-corrected chi connectivity index (χ2v) is 5.65. The topological polar surface area (TPSA) is 82.3 Å². The van der Waals surface area contributed by atoms with Crippen LogP contribution in [0.1, 0.15) is 29.0 Å². The molecule has 1 atom stereocenters. The van der Waals surface area contributed by atoms with Gasteiger partial charge in [0, 0.05) is 5.75 Å². The Morgan fingerprint density at radius 3 is 2.80 bits per heavy atom. The molecule has 0 aliphatic heterocycles. The maximum Gasteiger partial charge on any atom is 0.339 e. The molecule has 0 saturated heterocycles.